The minimum absolute atomic E-state index is 0.0357. The van der Waals surface area contributed by atoms with Gasteiger partial charge in [0.1, 0.15) is 0 Å². The van der Waals surface area contributed by atoms with Crippen molar-refractivity contribution in [3.8, 4) is 0 Å². The van der Waals surface area contributed by atoms with E-state index in [1.165, 1.54) is 4.40 Å². The molecule has 1 aliphatic rings. The third-order valence-electron chi connectivity index (χ3n) is 3.85. The summed E-state index contributed by atoms with van der Waals surface area (Å²) in [7, 11) is 0. The van der Waals surface area contributed by atoms with E-state index in [4.69, 9.17) is 0 Å². The smallest absolute Gasteiger partial charge is 0.261 e. The van der Waals surface area contributed by atoms with Gasteiger partial charge in [-0.3, -0.25) is 14.2 Å². The van der Waals surface area contributed by atoms with E-state index < -0.39 is 0 Å². The maximum Gasteiger partial charge on any atom is 0.261 e. The van der Waals surface area contributed by atoms with E-state index in [0.29, 0.717) is 17.6 Å². The van der Waals surface area contributed by atoms with E-state index in [2.05, 4.69) is 15.3 Å². The van der Waals surface area contributed by atoms with Gasteiger partial charge in [0.05, 0.1) is 11.9 Å². The van der Waals surface area contributed by atoms with Crippen molar-refractivity contribution in [2.24, 2.45) is 0 Å². The quantitative estimate of drug-likeness (QED) is 0.829. The number of fused-ring (bicyclic) bond motifs is 1. The predicted molar refractivity (Wildman–Crippen MR) is 74.9 cm³/mol. The Labute approximate surface area is 116 Å². The molecule has 0 unspecified atom stereocenters. The molecule has 6 nitrogen and oxygen atoms in total. The average Bonchev–Trinajstić information content (AvgIpc) is 2.51. The lowest BCUT2D eigenvalue weighted by Gasteiger charge is -2.24. The molecule has 6 heteroatoms. The molecule has 2 aromatic heterocycles. The summed E-state index contributed by atoms with van der Waals surface area (Å²) in [6.45, 7) is 1.85. The van der Waals surface area contributed by atoms with Gasteiger partial charge in [0.25, 0.3) is 5.56 Å². The maximum absolute atomic E-state index is 12.6. The number of aromatic nitrogens is 3. The van der Waals surface area contributed by atoms with Crippen LogP contribution in [-0.4, -0.2) is 39.2 Å². The zero-order valence-electron chi connectivity index (χ0n) is 11.2. The van der Waals surface area contributed by atoms with Gasteiger partial charge in [-0.2, -0.15) is 0 Å². The van der Waals surface area contributed by atoms with Gasteiger partial charge in [-0.05, 0) is 25.9 Å². The van der Waals surface area contributed by atoms with Crippen LogP contribution >= 0.6 is 0 Å². The Hall–Kier alpha value is -1.79. The van der Waals surface area contributed by atoms with E-state index in [9.17, 15) is 9.90 Å². The van der Waals surface area contributed by atoms with Crippen LogP contribution < -0.4 is 10.9 Å². The molecule has 0 aromatic carbocycles. The van der Waals surface area contributed by atoms with Crippen LogP contribution in [0.2, 0.25) is 0 Å². The SMILES string of the molecule is O=c1c(CCO)c(C2CCNCC2)nc2cnccn12. The van der Waals surface area contributed by atoms with Crippen LogP contribution in [0, 0.1) is 0 Å². The van der Waals surface area contributed by atoms with Gasteiger partial charge in [0.15, 0.2) is 5.65 Å². The average molecular weight is 274 g/mol. The van der Waals surface area contributed by atoms with Gasteiger partial charge in [0, 0.05) is 36.9 Å². The summed E-state index contributed by atoms with van der Waals surface area (Å²) in [4.78, 5) is 21.2. The zero-order chi connectivity index (χ0) is 13.9. The number of aliphatic hydroxyl groups is 1. The fourth-order valence-corrected chi connectivity index (χ4v) is 2.83. The molecule has 0 atom stereocenters. The molecular weight excluding hydrogens is 256 g/mol. The summed E-state index contributed by atoms with van der Waals surface area (Å²) in [5.74, 6) is 0.288. The van der Waals surface area contributed by atoms with E-state index in [1.54, 1.807) is 18.6 Å². The molecule has 20 heavy (non-hydrogen) atoms. The highest BCUT2D eigenvalue weighted by Crippen LogP contribution is 2.25. The zero-order valence-corrected chi connectivity index (χ0v) is 11.2. The van der Waals surface area contributed by atoms with Gasteiger partial charge in [-0.1, -0.05) is 0 Å². The summed E-state index contributed by atoms with van der Waals surface area (Å²) >= 11 is 0. The predicted octanol–water partition coefficient (Wildman–Crippen LogP) is 0.0913. The van der Waals surface area contributed by atoms with Crippen LogP contribution in [0.4, 0.5) is 0 Å². The summed E-state index contributed by atoms with van der Waals surface area (Å²) in [6.07, 6.45) is 7.11. The fraction of sp³-hybridized carbons (Fsp3) is 0.500. The first-order chi connectivity index (χ1) is 9.81. The fourth-order valence-electron chi connectivity index (χ4n) is 2.83. The van der Waals surface area contributed by atoms with Crippen molar-refractivity contribution in [3.63, 3.8) is 0 Å². The number of piperidine rings is 1. The van der Waals surface area contributed by atoms with Crippen molar-refractivity contribution in [1.82, 2.24) is 19.7 Å². The van der Waals surface area contributed by atoms with Crippen LogP contribution in [0.1, 0.15) is 30.0 Å². The molecule has 0 radical (unpaired) electrons. The van der Waals surface area contributed by atoms with Gasteiger partial charge in [-0.15, -0.1) is 0 Å². The van der Waals surface area contributed by atoms with Crippen molar-refractivity contribution in [2.45, 2.75) is 25.2 Å². The van der Waals surface area contributed by atoms with Crippen LogP contribution in [-0.2, 0) is 6.42 Å². The third kappa shape index (κ3) is 2.32. The third-order valence-corrected chi connectivity index (χ3v) is 3.85. The summed E-state index contributed by atoms with van der Waals surface area (Å²) in [6, 6.07) is 0. The highest BCUT2D eigenvalue weighted by molar-refractivity contribution is 5.39. The van der Waals surface area contributed by atoms with Gasteiger partial charge in [-0.25, -0.2) is 4.98 Å². The highest BCUT2D eigenvalue weighted by Gasteiger charge is 2.22. The Bertz CT molecular complexity index is 662. The molecule has 106 valence electrons. The molecule has 0 saturated carbocycles. The Morgan fingerprint density at radius 2 is 2.20 bits per heavy atom. The number of nitrogens with zero attached hydrogens (tertiary/aromatic N) is 3. The number of hydrogen-bond acceptors (Lipinski definition) is 5. The highest BCUT2D eigenvalue weighted by atomic mass is 16.3. The van der Waals surface area contributed by atoms with Crippen molar-refractivity contribution in [2.75, 3.05) is 19.7 Å². The first kappa shape index (κ1) is 13.2. The standard InChI is InChI=1S/C14H18N4O2/c19-8-3-11-13(10-1-4-15-5-2-10)17-12-9-16-6-7-18(12)14(11)20/h6-7,9-10,15,19H,1-5,8H2. The lowest BCUT2D eigenvalue weighted by atomic mass is 9.91. The molecule has 2 aromatic rings. The molecule has 0 bridgehead atoms. The van der Waals surface area contributed by atoms with E-state index in [0.717, 1.165) is 31.6 Å². The second-order valence-corrected chi connectivity index (χ2v) is 5.08. The Kier molecular flexibility index (Phi) is 3.75. The topological polar surface area (TPSA) is 79.5 Å². The minimum Gasteiger partial charge on any atom is -0.396 e. The molecule has 1 aliphatic heterocycles. The normalized spacial score (nSPS) is 16.6. The second kappa shape index (κ2) is 5.68. The Morgan fingerprint density at radius 1 is 1.40 bits per heavy atom. The van der Waals surface area contributed by atoms with Gasteiger partial charge in [0.2, 0.25) is 0 Å². The number of hydrogen-bond donors (Lipinski definition) is 2. The molecule has 0 amide bonds. The van der Waals surface area contributed by atoms with E-state index in [-0.39, 0.29) is 18.1 Å². The summed E-state index contributed by atoms with van der Waals surface area (Å²) < 4.78 is 1.50. The molecule has 0 spiro atoms. The molecule has 1 saturated heterocycles. The van der Waals surface area contributed by atoms with Crippen molar-refractivity contribution in [1.29, 1.82) is 0 Å². The lowest BCUT2D eigenvalue weighted by molar-refractivity contribution is 0.297. The molecule has 0 aliphatic carbocycles. The number of rotatable bonds is 3. The van der Waals surface area contributed by atoms with Crippen LogP contribution in [0.3, 0.4) is 0 Å². The van der Waals surface area contributed by atoms with E-state index in [1.807, 2.05) is 0 Å². The first-order valence-electron chi connectivity index (χ1n) is 6.98. The Morgan fingerprint density at radius 3 is 2.95 bits per heavy atom. The minimum atomic E-state index is -0.0833. The first-order valence-corrected chi connectivity index (χ1v) is 6.98. The molecule has 3 heterocycles. The van der Waals surface area contributed by atoms with Crippen molar-refractivity contribution >= 4 is 5.65 Å². The number of nitrogens with one attached hydrogen (secondary N) is 1. The van der Waals surface area contributed by atoms with Crippen molar-refractivity contribution in [3.05, 3.63) is 40.2 Å². The Balaban J connectivity index is 2.17. The van der Waals surface area contributed by atoms with Crippen molar-refractivity contribution < 1.29 is 5.11 Å². The van der Waals surface area contributed by atoms with Crippen LogP contribution in [0.25, 0.3) is 5.65 Å². The van der Waals surface area contributed by atoms with Crippen LogP contribution in [0.5, 0.6) is 0 Å². The van der Waals surface area contributed by atoms with Crippen LogP contribution in [0.15, 0.2) is 23.4 Å². The second-order valence-electron chi connectivity index (χ2n) is 5.08. The van der Waals surface area contributed by atoms with E-state index >= 15 is 0 Å². The molecular formula is C14H18N4O2. The monoisotopic (exact) mass is 274 g/mol. The molecule has 3 rings (SSSR count). The molecule has 2 N–H and O–H groups in total. The summed E-state index contributed by atoms with van der Waals surface area (Å²) in [5.41, 5.74) is 1.98. The number of aliphatic hydroxyl groups excluding tert-OH is 1. The summed E-state index contributed by atoms with van der Waals surface area (Å²) in [5, 5.41) is 12.6. The largest absolute Gasteiger partial charge is 0.396 e. The maximum atomic E-state index is 12.6. The van der Waals surface area contributed by atoms with Gasteiger partial charge >= 0.3 is 0 Å². The lowest BCUT2D eigenvalue weighted by Crippen LogP contribution is -2.30. The van der Waals surface area contributed by atoms with Gasteiger partial charge < -0.3 is 10.4 Å². The molecule has 1 fully saturated rings.